The van der Waals surface area contributed by atoms with E-state index in [0.29, 0.717) is 23.8 Å². The zero-order valence-corrected chi connectivity index (χ0v) is 12.3. The molecule has 0 saturated carbocycles. The standard InChI is InChI=1S/C14H18N4OS/c1-9(15)17-8-4-5-10(16)13(19)14-18-11-6-2-3-7-12(11)20-14/h2-3,6-7,10H,4-5,8,16H2,1H3,(H2,15,17)/p+1. The molecule has 2 aromatic rings. The van der Waals surface area contributed by atoms with Crippen molar-refractivity contribution in [2.24, 2.45) is 10.7 Å². The van der Waals surface area contributed by atoms with Crippen molar-refractivity contribution in [1.29, 1.82) is 0 Å². The number of rotatable bonds is 6. The number of carbonyl (C=O) groups is 1. The largest absolute Gasteiger partial charge is 0.388 e. The van der Waals surface area contributed by atoms with Crippen LogP contribution in [0.2, 0.25) is 0 Å². The van der Waals surface area contributed by atoms with Gasteiger partial charge >= 0.3 is 0 Å². The molecule has 0 spiro atoms. The Bertz CT molecular complexity index is 598. The third-order valence-corrected chi connectivity index (χ3v) is 4.00. The molecule has 0 aliphatic rings. The lowest BCUT2D eigenvalue weighted by atomic mass is 10.1. The van der Waals surface area contributed by atoms with Gasteiger partial charge in [0.1, 0.15) is 0 Å². The number of aliphatic imine (C=N–C) groups is 1. The summed E-state index contributed by atoms with van der Waals surface area (Å²) in [5.74, 6) is 0.586. The second-order valence-electron chi connectivity index (χ2n) is 4.71. The number of benzene rings is 1. The lowest BCUT2D eigenvalue weighted by Gasteiger charge is -2.04. The van der Waals surface area contributed by atoms with Crippen LogP contribution in [0.3, 0.4) is 0 Å². The van der Waals surface area contributed by atoms with Crippen molar-refractivity contribution < 1.29 is 10.5 Å². The number of quaternary nitrogens is 1. The molecule has 5 nitrogen and oxygen atoms in total. The van der Waals surface area contributed by atoms with Crippen molar-refractivity contribution in [3.63, 3.8) is 0 Å². The lowest BCUT2D eigenvalue weighted by Crippen LogP contribution is -2.64. The molecule has 0 fully saturated rings. The molecule has 6 heteroatoms. The Morgan fingerprint density at radius 2 is 2.25 bits per heavy atom. The topological polar surface area (TPSA) is 96.0 Å². The number of amidine groups is 1. The van der Waals surface area contributed by atoms with Gasteiger partial charge in [0.15, 0.2) is 11.0 Å². The smallest absolute Gasteiger partial charge is 0.248 e. The zero-order valence-electron chi connectivity index (χ0n) is 11.5. The molecule has 0 bridgehead atoms. The van der Waals surface area contributed by atoms with Gasteiger partial charge in [-0.05, 0) is 25.5 Å². The number of hydrogen-bond acceptors (Lipinski definition) is 4. The van der Waals surface area contributed by atoms with Gasteiger partial charge in [-0.25, -0.2) is 4.98 Å². The maximum atomic E-state index is 12.3. The van der Waals surface area contributed by atoms with Crippen molar-refractivity contribution in [3.8, 4) is 0 Å². The van der Waals surface area contributed by atoms with Crippen LogP contribution in [0.15, 0.2) is 29.3 Å². The summed E-state index contributed by atoms with van der Waals surface area (Å²) in [5.41, 5.74) is 10.3. The van der Waals surface area contributed by atoms with E-state index in [1.54, 1.807) is 6.92 Å². The molecule has 20 heavy (non-hydrogen) atoms. The normalized spacial score (nSPS) is 13.6. The number of carbonyl (C=O) groups excluding carboxylic acids is 1. The average molecular weight is 291 g/mol. The Hall–Kier alpha value is -1.79. The van der Waals surface area contributed by atoms with E-state index in [1.165, 1.54) is 11.3 Å². The number of nitrogens with two attached hydrogens (primary N) is 1. The molecule has 0 aliphatic carbocycles. The summed E-state index contributed by atoms with van der Waals surface area (Å²) in [7, 11) is 0. The molecule has 1 atom stereocenters. The quantitative estimate of drug-likeness (QED) is 0.363. The van der Waals surface area contributed by atoms with Gasteiger partial charge in [-0.1, -0.05) is 12.1 Å². The Balaban J connectivity index is 1.97. The SMILES string of the molecule is CC(N)=NCCCC([NH3+])C(=O)c1nc2ccccc2s1. The Kier molecular flexibility index (Phi) is 4.81. The monoisotopic (exact) mass is 291 g/mol. The van der Waals surface area contributed by atoms with E-state index in [9.17, 15) is 4.79 Å². The van der Waals surface area contributed by atoms with Crippen LogP contribution in [0.4, 0.5) is 0 Å². The van der Waals surface area contributed by atoms with Crippen LogP contribution in [-0.2, 0) is 0 Å². The molecule has 5 N–H and O–H groups in total. The van der Waals surface area contributed by atoms with Gasteiger partial charge < -0.3 is 11.5 Å². The van der Waals surface area contributed by atoms with Crippen LogP contribution >= 0.6 is 11.3 Å². The highest BCUT2D eigenvalue weighted by Crippen LogP contribution is 2.22. The van der Waals surface area contributed by atoms with Crippen molar-refractivity contribution in [1.82, 2.24) is 4.98 Å². The van der Waals surface area contributed by atoms with E-state index in [1.807, 2.05) is 24.3 Å². The van der Waals surface area contributed by atoms with Gasteiger partial charge in [0, 0.05) is 13.0 Å². The minimum Gasteiger partial charge on any atom is -0.388 e. The van der Waals surface area contributed by atoms with Gasteiger partial charge in [0.2, 0.25) is 5.78 Å². The van der Waals surface area contributed by atoms with E-state index in [0.717, 1.165) is 16.6 Å². The lowest BCUT2D eigenvalue weighted by molar-refractivity contribution is -0.400. The predicted molar refractivity (Wildman–Crippen MR) is 82.0 cm³/mol. The van der Waals surface area contributed by atoms with Crippen molar-refractivity contribution in [3.05, 3.63) is 29.3 Å². The number of nitrogens with zero attached hydrogens (tertiary/aromatic N) is 2. The fourth-order valence-electron chi connectivity index (χ4n) is 1.88. The first-order valence-electron chi connectivity index (χ1n) is 6.57. The molecule has 106 valence electrons. The highest BCUT2D eigenvalue weighted by atomic mass is 32.1. The summed E-state index contributed by atoms with van der Waals surface area (Å²) in [6, 6.07) is 7.48. The molecule has 1 aromatic heterocycles. The van der Waals surface area contributed by atoms with Gasteiger partial charge in [-0.3, -0.25) is 9.79 Å². The highest BCUT2D eigenvalue weighted by molar-refractivity contribution is 7.20. The van der Waals surface area contributed by atoms with E-state index < -0.39 is 0 Å². The molecule has 1 heterocycles. The fourth-order valence-corrected chi connectivity index (χ4v) is 2.86. The minimum absolute atomic E-state index is 0.0136. The number of Topliss-reactive ketones (excluding diaryl/α,β-unsaturated/α-hetero) is 1. The number of para-hydroxylation sites is 1. The van der Waals surface area contributed by atoms with Crippen molar-refractivity contribution in [2.45, 2.75) is 25.8 Å². The molecule has 0 radical (unpaired) electrons. The summed E-state index contributed by atoms with van der Waals surface area (Å²) in [6.45, 7) is 2.40. The second kappa shape index (κ2) is 6.58. The maximum Gasteiger partial charge on any atom is 0.248 e. The fraction of sp³-hybridized carbons (Fsp3) is 0.357. The predicted octanol–water partition coefficient (Wildman–Crippen LogP) is 1.25. The third kappa shape index (κ3) is 3.61. The Morgan fingerprint density at radius 3 is 2.95 bits per heavy atom. The maximum absolute atomic E-state index is 12.3. The van der Waals surface area contributed by atoms with Gasteiger partial charge in [0.25, 0.3) is 0 Å². The van der Waals surface area contributed by atoms with Crippen LogP contribution in [0, 0.1) is 0 Å². The van der Waals surface area contributed by atoms with Gasteiger partial charge in [-0.15, -0.1) is 11.3 Å². The summed E-state index contributed by atoms with van der Waals surface area (Å²) in [6.07, 6.45) is 1.50. The first-order valence-corrected chi connectivity index (χ1v) is 7.39. The van der Waals surface area contributed by atoms with Crippen LogP contribution in [-0.4, -0.2) is 29.2 Å². The van der Waals surface area contributed by atoms with Crippen molar-refractivity contribution >= 4 is 33.2 Å². The van der Waals surface area contributed by atoms with E-state index in [-0.39, 0.29) is 11.8 Å². The molecule has 2 rings (SSSR count). The summed E-state index contributed by atoms with van der Waals surface area (Å²) >= 11 is 1.43. The van der Waals surface area contributed by atoms with Crippen LogP contribution < -0.4 is 11.5 Å². The van der Waals surface area contributed by atoms with E-state index in [4.69, 9.17) is 5.73 Å². The first kappa shape index (κ1) is 14.6. The van der Waals surface area contributed by atoms with Gasteiger partial charge in [0.05, 0.1) is 16.1 Å². The van der Waals surface area contributed by atoms with Crippen LogP contribution in [0.1, 0.15) is 29.6 Å². The molecule has 0 saturated heterocycles. The van der Waals surface area contributed by atoms with Crippen molar-refractivity contribution in [2.75, 3.05) is 6.54 Å². The molecule has 0 amide bonds. The molecular weight excluding hydrogens is 272 g/mol. The Labute approximate surface area is 121 Å². The number of hydrogen-bond donors (Lipinski definition) is 2. The third-order valence-electron chi connectivity index (χ3n) is 2.95. The van der Waals surface area contributed by atoms with Crippen LogP contribution in [0.5, 0.6) is 0 Å². The summed E-state index contributed by atoms with van der Waals surface area (Å²) in [4.78, 5) is 20.7. The molecular formula is C14H19N4OS+. The first-order chi connectivity index (χ1) is 9.58. The molecule has 1 unspecified atom stereocenters. The number of aromatic nitrogens is 1. The Morgan fingerprint density at radius 1 is 1.50 bits per heavy atom. The number of ketones is 1. The zero-order chi connectivity index (χ0) is 14.5. The summed E-state index contributed by atoms with van der Waals surface area (Å²) in [5, 5.41) is 0.546. The van der Waals surface area contributed by atoms with Gasteiger partial charge in [-0.2, -0.15) is 0 Å². The number of thiazole rings is 1. The average Bonchev–Trinajstić information content (AvgIpc) is 2.86. The minimum atomic E-state index is -0.274. The number of fused-ring (bicyclic) bond motifs is 1. The highest BCUT2D eigenvalue weighted by Gasteiger charge is 2.22. The molecule has 1 aromatic carbocycles. The second-order valence-corrected chi connectivity index (χ2v) is 5.74. The van der Waals surface area contributed by atoms with Crippen LogP contribution in [0.25, 0.3) is 10.2 Å². The molecule has 0 aliphatic heterocycles. The van der Waals surface area contributed by atoms with E-state index >= 15 is 0 Å². The summed E-state index contributed by atoms with van der Waals surface area (Å²) < 4.78 is 1.03. The van der Waals surface area contributed by atoms with E-state index in [2.05, 4.69) is 15.7 Å².